The van der Waals surface area contributed by atoms with Crippen LogP contribution < -0.4 is 0 Å². The lowest BCUT2D eigenvalue weighted by Gasteiger charge is -2.15. The SMILES string of the molecule is C[Si](C)(C)CCOCn1ccc2cc(C3=C[C@H](O)CC3)cnc21. The third-order valence-electron chi connectivity index (χ3n) is 4.30. The molecule has 0 unspecified atom stereocenters. The minimum atomic E-state index is -1.04. The summed E-state index contributed by atoms with van der Waals surface area (Å²) < 4.78 is 7.88. The molecule has 0 amide bonds. The van der Waals surface area contributed by atoms with Gasteiger partial charge in [-0.05, 0) is 42.2 Å². The van der Waals surface area contributed by atoms with E-state index in [-0.39, 0.29) is 6.10 Å². The first kappa shape index (κ1) is 16.4. The molecular formula is C18H26N2O2Si. The highest BCUT2D eigenvalue weighted by Gasteiger charge is 2.16. The van der Waals surface area contributed by atoms with Gasteiger partial charge >= 0.3 is 0 Å². The molecule has 0 aromatic carbocycles. The molecule has 1 N–H and O–H groups in total. The van der Waals surface area contributed by atoms with E-state index in [2.05, 4.69) is 41.3 Å². The first-order valence-corrected chi connectivity index (χ1v) is 12.0. The first-order chi connectivity index (χ1) is 10.9. The van der Waals surface area contributed by atoms with E-state index < -0.39 is 8.07 Å². The van der Waals surface area contributed by atoms with Crippen molar-refractivity contribution in [3.05, 3.63) is 36.2 Å². The number of fused-ring (bicyclic) bond motifs is 1. The molecule has 2 heterocycles. The van der Waals surface area contributed by atoms with Crippen molar-refractivity contribution in [2.75, 3.05) is 6.61 Å². The van der Waals surface area contributed by atoms with Gasteiger partial charge in [-0.1, -0.05) is 25.7 Å². The molecule has 1 aliphatic rings. The molecule has 0 bridgehead atoms. The quantitative estimate of drug-likeness (QED) is 0.646. The maximum atomic E-state index is 9.64. The van der Waals surface area contributed by atoms with E-state index in [0.717, 1.165) is 36.0 Å². The Labute approximate surface area is 138 Å². The van der Waals surface area contributed by atoms with Crippen LogP contribution >= 0.6 is 0 Å². The normalized spacial score (nSPS) is 18.6. The van der Waals surface area contributed by atoms with Crippen LogP contribution in [0.1, 0.15) is 18.4 Å². The molecule has 4 nitrogen and oxygen atoms in total. The average Bonchev–Trinajstić information content (AvgIpc) is 3.08. The number of allylic oxidation sites excluding steroid dienone is 1. The molecular weight excluding hydrogens is 304 g/mol. The summed E-state index contributed by atoms with van der Waals surface area (Å²) in [6, 6.07) is 5.42. The van der Waals surface area contributed by atoms with Crippen LogP contribution in [-0.4, -0.2) is 35.4 Å². The summed E-state index contributed by atoms with van der Waals surface area (Å²) in [5, 5.41) is 10.8. The highest BCUT2D eigenvalue weighted by Crippen LogP contribution is 2.29. The highest BCUT2D eigenvalue weighted by atomic mass is 28.3. The van der Waals surface area contributed by atoms with Gasteiger partial charge in [0.2, 0.25) is 0 Å². The number of hydrogen-bond acceptors (Lipinski definition) is 3. The average molecular weight is 331 g/mol. The molecule has 0 saturated carbocycles. The number of aromatic nitrogens is 2. The lowest BCUT2D eigenvalue weighted by molar-refractivity contribution is 0.0899. The predicted octanol–water partition coefficient (Wildman–Crippen LogP) is 3.89. The molecule has 0 fully saturated rings. The maximum absolute atomic E-state index is 9.64. The van der Waals surface area contributed by atoms with Crippen LogP contribution in [0.25, 0.3) is 16.6 Å². The first-order valence-electron chi connectivity index (χ1n) is 8.34. The summed E-state index contributed by atoms with van der Waals surface area (Å²) in [7, 11) is -1.04. The summed E-state index contributed by atoms with van der Waals surface area (Å²) in [6.07, 6.45) is 7.33. The van der Waals surface area contributed by atoms with Gasteiger partial charge in [-0.15, -0.1) is 0 Å². The van der Waals surface area contributed by atoms with E-state index in [1.807, 2.05) is 18.5 Å². The van der Waals surface area contributed by atoms with Crippen molar-refractivity contribution in [1.82, 2.24) is 9.55 Å². The number of ether oxygens (including phenoxy) is 1. The summed E-state index contributed by atoms with van der Waals surface area (Å²) in [5.41, 5.74) is 3.28. The monoisotopic (exact) mass is 330 g/mol. The number of aliphatic hydroxyl groups excluding tert-OH is 1. The molecule has 124 valence electrons. The van der Waals surface area contributed by atoms with Crippen LogP contribution in [0.3, 0.4) is 0 Å². The Kier molecular flexibility index (Phi) is 4.71. The number of aliphatic hydroxyl groups is 1. The second-order valence-electron chi connectivity index (χ2n) is 7.57. The van der Waals surface area contributed by atoms with Crippen molar-refractivity contribution < 1.29 is 9.84 Å². The zero-order valence-corrected chi connectivity index (χ0v) is 15.2. The molecule has 0 aliphatic heterocycles. The second-order valence-corrected chi connectivity index (χ2v) is 13.2. The van der Waals surface area contributed by atoms with Gasteiger partial charge in [0, 0.05) is 32.5 Å². The van der Waals surface area contributed by atoms with E-state index in [1.165, 1.54) is 11.6 Å². The summed E-state index contributed by atoms with van der Waals surface area (Å²) in [4.78, 5) is 4.61. The fourth-order valence-corrected chi connectivity index (χ4v) is 3.60. The Morgan fingerprint density at radius 2 is 2.22 bits per heavy atom. The number of rotatable bonds is 6. The molecule has 2 aromatic heterocycles. The molecule has 5 heteroatoms. The van der Waals surface area contributed by atoms with Crippen molar-refractivity contribution in [1.29, 1.82) is 0 Å². The lowest BCUT2D eigenvalue weighted by Crippen LogP contribution is -2.22. The largest absolute Gasteiger partial charge is 0.389 e. The molecule has 0 radical (unpaired) electrons. The van der Waals surface area contributed by atoms with Crippen LogP contribution in [0.15, 0.2) is 30.6 Å². The number of nitrogens with zero attached hydrogens (tertiary/aromatic N) is 2. The molecule has 1 atom stereocenters. The summed E-state index contributed by atoms with van der Waals surface area (Å²) in [5.74, 6) is 0. The molecule has 23 heavy (non-hydrogen) atoms. The number of pyridine rings is 1. The van der Waals surface area contributed by atoms with E-state index >= 15 is 0 Å². The summed E-state index contributed by atoms with van der Waals surface area (Å²) >= 11 is 0. The van der Waals surface area contributed by atoms with E-state index in [1.54, 1.807) is 0 Å². The van der Waals surface area contributed by atoms with Crippen LogP contribution in [0.2, 0.25) is 25.7 Å². The Hall–Kier alpha value is -1.43. The third-order valence-corrected chi connectivity index (χ3v) is 6.01. The van der Waals surface area contributed by atoms with Gasteiger partial charge in [0.05, 0.1) is 6.10 Å². The van der Waals surface area contributed by atoms with Crippen LogP contribution in [0.5, 0.6) is 0 Å². The van der Waals surface area contributed by atoms with Crippen molar-refractivity contribution in [3.8, 4) is 0 Å². The Bertz CT molecular complexity index is 715. The Morgan fingerprint density at radius 3 is 2.91 bits per heavy atom. The fourth-order valence-electron chi connectivity index (χ4n) is 2.84. The van der Waals surface area contributed by atoms with Crippen LogP contribution in [0.4, 0.5) is 0 Å². The lowest BCUT2D eigenvalue weighted by atomic mass is 10.1. The smallest absolute Gasteiger partial charge is 0.141 e. The molecule has 0 saturated heterocycles. The topological polar surface area (TPSA) is 47.3 Å². The van der Waals surface area contributed by atoms with Crippen molar-refractivity contribution >= 4 is 24.7 Å². The molecule has 0 spiro atoms. The molecule has 1 aliphatic carbocycles. The maximum Gasteiger partial charge on any atom is 0.141 e. The minimum Gasteiger partial charge on any atom is -0.389 e. The molecule has 3 rings (SSSR count). The van der Waals surface area contributed by atoms with Gasteiger partial charge in [-0.3, -0.25) is 0 Å². The Balaban J connectivity index is 1.68. The van der Waals surface area contributed by atoms with Gasteiger partial charge in [0.25, 0.3) is 0 Å². The molecule has 2 aromatic rings. The van der Waals surface area contributed by atoms with Gasteiger partial charge < -0.3 is 14.4 Å². The van der Waals surface area contributed by atoms with Crippen molar-refractivity contribution in [2.24, 2.45) is 0 Å². The predicted molar refractivity (Wildman–Crippen MR) is 97.1 cm³/mol. The zero-order chi connectivity index (χ0) is 16.4. The van der Waals surface area contributed by atoms with Gasteiger partial charge in [-0.2, -0.15) is 0 Å². The van der Waals surface area contributed by atoms with Gasteiger partial charge in [0.1, 0.15) is 12.4 Å². The minimum absolute atomic E-state index is 0.301. The highest BCUT2D eigenvalue weighted by molar-refractivity contribution is 6.76. The Morgan fingerprint density at radius 1 is 1.39 bits per heavy atom. The van der Waals surface area contributed by atoms with Crippen LogP contribution in [-0.2, 0) is 11.5 Å². The van der Waals surface area contributed by atoms with Crippen molar-refractivity contribution in [2.45, 2.75) is 51.4 Å². The van der Waals surface area contributed by atoms with Crippen molar-refractivity contribution in [3.63, 3.8) is 0 Å². The van der Waals surface area contributed by atoms with Gasteiger partial charge in [0.15, 0.2) is 0 Å². The fraction of sp³-hybridized carbons (Fsp3) is 0.500. The van der Waals surface area contributed by atoms with E-state index in [0.29, 0.717) is 6.73 Å². The van der Waals surface area contributed by atoms with Gasteiger partial charge in [-0.25, -0.2) is 4.98 Å². The zero-order valence-electron chi connectivity index (χ0n) is 14.2. The van der Waals surface area contributed by atoms with Crippen LogP contribution in [0, 0.1) is 0 Å². The van der Waals surface area contributed by atoms with E-state index in [9.17, 15) is 5.11 Å². The third kappa shape index (κ3) is 4.10. The van der Waals surface area contributed by atoms with E-state index in [4.69, 9.17) is 4.74 Å². The second kappa shape index (κ2) is 6.59. The number of hydrogen-bond donors (Lipinski definition) is 1. The summed E-state index contributed by atoms with van der Waals surface area (Å²) in [6.45, 7) is 8.46. The standard InChI is InChI=1S/C18H26N2O2Si/c1-23(2,3)9-8-22-13-20-7-6-15-10-16(12-19-18(15)20)14-4-5-17(21)11-14/h6-7,10-12,17,21H,4-5,8-9,13H2,1-3H3/t17-/m1/s1.